The zero-order chi connectivity index (χ0) is 13.6. The van der Waals surface area contributed by atoms with E-state index in [9.17, 15) is 19.2 Å². The Bertz CT molecular complexity index is 334. The van der Waals surface area contributed by atoms with Gasteiger partial charge in [-0.25, -0.2) is 9.59 Å². The SMILES string of the molecule is CC(=O)OC(=O)C(C)OC(=O)C(C)OC(C)=O. The molecule has 7 heteroatoms. The van der Waals surface area contributed by atoms with Crippen LogP contribution in [-0.4, -0.2) is 36.1 Å². The predicted octanol–water partition coefficient (Wildman–Crippen LogP) is -0.0406. The van der Waals surface area contributed by atoms with Crippen molar-refractivity contribution < 1.29 is 33.4 Å². The van der Waals surface area contributed by atoms with Gasteiger partial charge in [0.05, 0.1) is 0 Å². The molecule has 0 aromatic carbocycles. The quantitative estimate of drug-likeness (QED) is 0.390. The van der Waals surface area contributed by atoms with Gasteiger partial charge in [-0.05, 0) is 13.8 Å². The van der Waals surface area contributed by atoms with Gasteiger partial charge in [-0.3, -0.25) is 9.59 Å². The molecule has 2 atom stereocenters. The summed E-state index contributed by atoms with van der Waals surface area (Å²) >= 11 is 0. The second kappa shape index (κ2) is 6.62. The monoisotopic (exact) mass is 246 g/mol. The molecule has 0 radical (unpaired) electrons. The zero-order valence-corrected chi connectivity index (χ0v) is 10.0. The molecule has 0 N–H and O–H groups in total. The molecule has 0 aliphatic heterocycles. The first-order valence-electron chi connectivity index (χ1n) is 4.84. The van der Waals surface area contributed by atoms with E-state index in [1.807, 2.05) is 0 Å². The van der Waals surface area contributed by atoms with Crippen molar-refractivity contribution in [3.8, 4) is 0 Å². The number of esters is 4. The largest absolute Gasteiger partial charge is 0.451 e. The highest BCUT2D eigenvalue weighted by atomic mass is 16.6. The van der Waals surface area contributed by atoms with Gasteiger partial charge in [0.15, 0.2) is 12.2 Å². The molecule has 7 nitrogen and oxygen atoms in total. The van der Waals surface area contributed by atoms with E-state index in [2.05, 4.69) is 14.2 Å². The molecule has 0 aromatic heterocycles. The molecule has 0 aliphatic rings. The Hall–Kier alpha value is -1.92. The van der Waals surface area contributed by atoms with Gasteiger partial charge >= 0.3 is 23.9 Å². The number of rotatable bonds is 4. The summed E-state index contributed by atoms with van der Waals surface area (Å²) in [4.78, 5) is 43.4. The maximum Gasteiger partial charge on any atom is 0.354 e. The second-order valence-electron chi connectivity index (χ2n) is 3.24. The average molecular weight is 246 g/mol. The molecule has 2 unspecified atom stereocenters. The average Bonchev–Trinajstić information content (AvgIpc) is 2.15. The summed E-state index contributed by atoms with van der Waals surface area (Å²) in [5.41, 5.74) is 0. The predicted molar refractivity (Wildman–Crippen MR) is 53.6 cm³/mol. The van der Waals surface area contributed by atoms with Gasteiger partial charge in [0.25, 0.3) is 0 Å². The maximum absolute atomic E-state index is 11.3. The summed E-state index contributed by atoms with van der Waals surface area (Å²) in [6, 6.07) is 0. The Morgan fingerprint density at radius 3 is 1.65 bits per heavy atom. The lowest BCUT2D eigenvalue weighted by molar-refractivity contribution is -0.178. The van der Waals surface area contributed by atoms with E-state index < -0.39 is 36.1 Å². The van der Waals surface area contributed by atoms with Crippen molar-refractivity contribution in [3.63, 3.8) is 0 Å². The van der Waals surface area contributed by atoms with E-state index >= 15 is 0 Å². The van der Waals surface area contributed by atoms with Crippen LogP contribution < -0.4 is 0 Å². The number of carbonyl (C=O) groups is 4. The molecule has 0 rings (SSSR count). The number of ether oxygens (including phenoxy) is 3. The highest BCUT2D eigenvalue weighted by Gasteiger charge is 2.25. The number of carbonyl (C=O) groups excluding carboxylic acids is 4. The van der Waals surface area contributed by atoms with E-state index in [1.54, 1.807) is 0 Å². The highest BCUT2D eigenvalue weighted by molar-refractivity contribution is 5.88. The van der Waals surface area contributed by atoms with Crippen molar-refractivity contribution in [2.75, 3.05) is 0 Å². The summed E-state index contributed by atoms with van der Waals surface area (Å²) in [6.45, 7) is 4.72. The molecule has 0 bridgehead atoms. The number of hydrogen-bond donors (Lipinski definition) is 0. The van der Waals surface area contributed by atoms with E-state index in [1.165, 1.54) is 13.8 Å². The van der Waals surface area contributed by atoms with Gasteiger partial charge in [0.1, 0.15) is 0 Å². The maximum atomic E-state index is 11.3. The normalized spacial score (nSPS) is 13.2. The summed E-state index contributed by atoms with van der Waals surface area (Å²) in [5.74, 6) is -3.33. The van der Waals surface area contributed by atoms with Crippen LogP contribution in [0, 0.1) is 0 Å². The molecular weight excluding hydrogens is 232 g/mol. The van der Waals surface area contributed by atoms with Crippen molar-refractivity contribution in [2.45, 2.75) is 39.9 Å². The van der Waals surface area contributed by atoms with Gasteiger partial charge in [0.2, 0.25) is 0 Å². The lowest BCUT2D eigenvalue weighted by Crippen LogP contribution is -2.33. The third-order valence-electron chi connectivity index (χ3n) is 1.54. The summed E-state index contributed by atoms with van der Waals surface area (Å²) < 4.78 is 13.4. The standard InChI is InChI=1S/C10H14O7/c1-5(15-7(3)11)9(13)16-6(2)10(14)17-8(4)12/h5-6H,1-4H3. The Balaban J connectivity index is 4.24. The molecule has 0 spiro atoms. The van der Waals surface area contributed by atoms with Gasteiger partial charge in [-0.2, -0.15) is 0 Å². The van der Waals surface area contributed by atoms with E-state index in [-0.39, 0.29) is 0 Å². The van der Waals surface area contributed by atoms with E-state index in [0.717, 1.165) is 13.8 Å². The molecule has 0 heterocycles. The fourth-order valence-electron chi connectivity index (χ4n) is 0.840. The first-order valence-corrected chi connectivity index (χ1v) is 4.84. The van der Waals surface area contributed by atoms with Gasteiger partial charge in [-0.1, -0.05) is 0 Å². The Kier molecular flexibility index (Phi) is 5.87. The van der Waals surface area contributed by atoms with Crippen LogP contribution in [0.4, 0.5) is 0 Å². The first kappa shape index (κ1) is 15.1. The third-order valence-corrected chi connectivity index (χ3v) is 1.54. The lowest BCUT2D eigenvalue weighted by atomic mass is 10.3. The second-order valence-corrected chi connectivity index (χ2v) is 3.24. The van der Waals surface area contributed by atoms with Crippen LogP contribution in [0.1, 0.15) is 27.7 Å². The smallest absolute Gasteiger partial charge is 0.354 e. The van der Waals surface area contributed by atoms with Crippen LogP contribution in [0.15, 0.2) is 0 Å². The Morgan fingerprint density at radius 1 is 0.765 bits per heavy atom. The molecule has 17 heavy (non-hydrogen) atoms. The molecular formula is C10H14O7. The van der Waals surface area contributed by atoms with E-state index in [0.29, 0.717) is 0 Å². The molecule has 0 saturated carbocycles. The fourth-order valence-corrected chi connectivity index (χ4v) is 0.840. The summed E-state index contributed by atoms with van der Waals surface area (Å²) in [7, 11) is 0. The molecule has 0 saturated heterocycles. The minimum Gasteiger partial charge on any atom is -0.451 e. The van der Waals surface area contributed by atoms with Crippen molar-refractivity contribution in [2.24, 2.45) is 0 Å². The fraction of sp³-hybridized carbons (Fsp3) is 0.600. The van der Waals surface area contributed by atoms with Crippen molar-refractivity contribution in [3.05, 3.63) is 0 Å². The molecule has 0 amide bonds. The van der Waals surface area contributed by atoms with Crippen molar-refractivity contribution in [1.82, 2.24) is 0 Å². The zero-order valence-electron chi connectivity index (χ0n) is 10.0. The minimum atomic E-state index is -1.25. The lowest BCUT2D eigenvalue weighted by Gasteiger charge is -2.14. The van der Waals surface area contributed by atoms with Crippen molar-refractivity contribution in [1.29, 1.82) is 0 Å². The summed E-state index contributed by atoms with van der Waals surface area (Å²) in [6.07, 6.45) is -2.37. The van der Waals surface area contributed by atoms with Crippen LogP contribution in [-0.2, 0) is 33.4 Å². The Labute approximate surface area is 98.0 Å². The van der Waals surface area contributed by atoms with Gasteiger partial charge in [0, 0.05) is 13.8 Å². The molecule has 0 fully saturated rings. The first-order chi connectivity index (χ1) is 7.73. The van der Waals surface area contributed by atoms with Crippen LogP contribution in [0.5, 0.6) is 0 Å². The molecule has 0 aromatic rings. The van der Waals surface area contributed by atoms with Crippen LogP contribution in [0.2, 0.25) is 0 Å². The van der Waals surface area contributed by atoms with Gasteiger partial charge in [-0.15, -0.1) is 0 Å². The molecule has 0 aliphatic carbocycles. The van der Waals surface area contributed by atoms with Crippen LogP contribution >= 0.6 is 0 Å². The Morgan fingerprint density at radius 2 is 1.24 bits per heavy atom. The molecule has 96 valence electrons. The number of hydrogen-bond acceptors (Lipinski definition) is 7. The summed E-state index contributed by atoms with van der Waals surface area (Å²) in [5, 5.41) is 0. The van der Waals surface area contributed by atoms with E-state index in [4.69, 9.17) is 0 Å². The highest BCUT2D eigenvalue weighted by Crippen LogP contribution is 2.01. The third kappa shape index (κ3) is 6.29. The van der Waals surface area contributed by atoms with Crippen molar-refractivity contribution >= 4 is 23.9 Å². The topological polar surface area (TPSA) is 96.0 Å². The van der Waals surface area contributed by atoms with Crippen LogP contribution in [0.3, 0.4) is 0 Å². The van der Waals surface area contributed by atoms with Gasteiger partial charge < -0.3 is 14.2 Å². The van der Waals surface area contributed by atoms with Crippen LogP contribution in [0.25, 0.3) is 0 Å². The minimum absolute atomic E-state index is 0.645.